The van der Waals surface area contributed by atoms with E-state index in [1.54, 1.807) is 13.0 Å². The lowest BCUT2D eigenvalue weighted by Gasteiger charge is -2.06. The number of nitrogens with one attached hydrogen (secondary N) is 1. The molecule has 1 heterocycles. The van der Waals surface area contributed by atoms with Gasteiger partial charge in [-0.25, -0.2) is 0 Å². The van der Waals surface area contributed by atoms with Crippen molar-refractivity contribution >= 4 is 49.8 Å². The van der Waals surface area contributed by atoms with Gasteiger partial charge < -0.3 is 16.8 Å². The molecular weight excluding hydrogens is 354 g/mol. The van der Waals surface area contributed by atoms with E-state index in [1.807, 2.05) is 19.1 Å². The Morgan fingerprint density at radius 3 is 2.48 bits per heavy atom. The minimum Gasteiger partial charge on any atom is -0.390 e. The number of carbonyl (C=O) groups excluding carboxylic acids is 2. The standard InChI is InChI=1S/C14H14BrN3O2S/c1-6-5-8(3-4-9(6)15)18-14(20)11-7(2)10(12(16)19)13(17)21-11/h3-5H,17H2,1-2H3,(H2,16,19)(H,18,20). The highest BCUT2D eigenvalue weighted by atomic mass is 79.9. The third-order valence-electron chi connectivity index (χ3n) is 3.04. The lowest BCUT2D eigenvalue weighted by Crippen LogP contribution is -2.15. The van der Waals surface area contributed by atoms with E-state index < -0.39 is 5.91 Å². The van der Waals surface area contributed by atoms with E-state index in [4.69, 9.17) is 11.5 Å². The van der Waals surface area contributed by atoms with Crippen LogP contribution < -0.4 is 16.8 Å². The average molecular weight is 368 g/mol. The number of benzene rings is 1. The average Bonchev–Trinajstić information content (AvgIpc) is 2.69. The van der Waals surface area contributed by atoms with Gasteiger partial charge in [0.25, 0.3) is 11.8 Å². The maximum absolute atomic E-state index is 12.3. The van der Waals surface area contributed by atoms with Crippen molar-refractivity contribution in [2.45, 2.75) is 13.8 Å². The molecule has 5 nitrogen and oxygen atoms in total. The number of nitrogens with two attached hydrogens (primary N) is 2. The molecule has 7 heteroatoms. The van der Waals surface area contributed by atoms with E-state index >= 15 is 0 Å². The molecule has 0 aliphatic carbocycles. The quantitative estimate of drug-likeness (QED) is 0.777. The number of carbonyl (C=O) groups is 2. The number of thiophene rings is 1. The predicted octanol–water partition coefficient (Wildman–Crippen LogP) is 3.06. The number of hydrogen-bond acceptors (Lipinski definition) is 4. The van der Waals surface area contributed by atoms with Crippen molar-refractivity contribution in [2.24, 2.45) is 5.73 Å². The van der Waals surface area contributed by atoms with Crippen molar-refractivity contribution in [3.8, 4) is 0 Å². The molecule has 2 rings (SSSR count). The number of amides is 2. The first-order valence-corrected chi connectivity index (χ1v) is 7.68. The summed E-state index contributed by atoms with van der Waals surface area (Å²) in [5.74, 6) is -0.932. The SMILES string of the molecule is Cc1cc(NC(=O)c2sc(N)c(C(N)=O)c2C)ccc1Br. The maximum Gasteiger partial charge on any atom is 0.266 e. The summed E-state index contributed by atoms with van der Waals surface area (Å²) in [5, 5.41) is 3.05. The molecule has 0 atom stereocenters. The molecule has 110 valence electrons. The molecule has 0 aliphatic heterocycles. The molecule has 0 unspecified atom stereocenters. The van der Waals surface area contributed by atoms with Crippen molar-refractivity contribution < 1.29 is 9.59 Å². The predicted molar refractivity (Wildman–Crippen MR) is 88.8 cm³/mol. The zero-order chi connectivity index (χ0) is 15.7. The number of anilines is 2. The fourth-order valence-electron chi connectivity index (χ4n) is 1.97. The third kappa shape index (κ3) is 3.08. The summed E-state index contributed by atoms with van der Waals surface area (Å²) in [6.45, 7) is 3.59. The Morgan fingerprint density at radius 2 is 1.95 bits per heavy atom. The van der Waals surface area contributed by atoms with Crippen LogP contribution in [0, 0.1) is 13.8 Å². The van der Waals surface area contributed by atoms with Gasteiger partial charge in [0.05, 0.1) is 15.4 Å². The first-order valence-electron chi connectivity index (χ1n) is 6.07. The first-order chi connectivity index (χ1) is 9.81. The summed E-state index contributed by atoms with van der Waals surface area (Å²) < 4.78 is 0.966. The van der Waals surface area contributed by atoms with Crippen LogP contribution in [0.2, 0.25) is 0 Å². The largest absolute Gasteiger partial charge is 0.390 e. The topological polar surface area (TPSA) is 98.2 Å². The van der Waals surface area contributed by atoms with E-state index in [9.17, 15) is 9.59 Å². The van der Waals surface area contributed by atoms with Crippen molar-refractivity contribution in [1.29, 1.82) is 0 Å². The van der Waals surface area contributed by atoms with Crippen LogP contribution in [0.25, 0.3) is 0 Å². The van der Waals surface area contributed by atoms with Crippen molar-refractivity contribution in [2.75, 3.05) is 11.1 Å². The Labute approximate surface area is 134 Å². The highest BCUT2D eigenvalue weighted by Gasteiger charge is 2.21. The highest BCUT2D eigenvalue weighted by molar-refractivity contribution is 9.10. The molecule has 21 heavy (non-hydrogen) atoms. The fourth-order valence-corrected chi connectivity index (χ4v) is 3.19. The number of rotatable bonds is 3. The molecule has 0 aliphatic rings. The van der Waals surface area contributed by atoms with E-state index in [0.29, 0.717) is 16.1 Å². The number of hydrogen-bond donors (Lipinski definition) is 3. The number of aryl methyl sites for hydroxylation is 1. The molecule has 1 aromatic heterocycles. The molecule has 2 amide bonds. The maximum atomic E-state index is 12.3. The van der Waals surface area contributed by atoms with Crippen LogP contribution in [-0.2, 0) is 0 Å². The lowest BCUT2D eigenvalue weighted by molar-refractivity contribution is 0.100. The van der Waals surface area contributed by atoms with Crippen LogP contribution in [0.3, 0.4) is 0 Å². The Hall–Kier alpha value is -1.86. The third-order valence-corrected chi connectivity index (χ3v) is 5.05. The first kappa shape index (κ1) is 15.5. The Morgan fingerprint density at radius 1 is 1.29 bits per heavy atom. The summed E-state index contributed by atoms with van der Waals surface area (Å²) >= 11 is 4.46. The van der Waals surface area contributed by atoms with Crippen LogP contribution >= 0.6 is 27.3 Å². The normalized spacial score (nSPS) is 10.4. The van der Waals surface area contributed by atoms with Gasteiger partial charge in [-0.05, 0) is 43.2 Å². The van der Waals surface area contributed by atoms with Gasteiger partial charge in [-0.2, -0.15) is 0 Å². The second-order valence-corrected chi connectivity index (χ2v) is 6.48. The van der Waals surface area contributed by atoms with Gasteiger partial charge in [0.15, 0.2) is 0 Å². The Kier molecular flexibility index (Phi) is 4.34. The summed E-state index contributed by atoms with van der Waals surface area (Å²) in [7, 11) is 0. The van der Waals surface area contributed by atoms with Crippen LogP contribution in [0.4, 0.5) is 10.7 Å². The second-order valence-electron chi connectivity index (χ2n) is 4.58. The van der Waals surface area contributed by atoms with Crippen molar-refractivity contribution in [1.82, 2.24) is 0 Å². The van der Waals surface area contributed by atoms with E-state index in [-0.39, 0.29) is 16.5 Å². The van der Waals surface area contributed by atoms with Crippen LogP contribution in [0.15, 0.2) is 22.7 Å². The fraction of sp³-hybridized carbons (Fsp3) is 0.143. The minimum atomic E-state index is -0.625. The van der Waals surface area contributed by atoms with Crippen molar-refractivity contribution in [3.63, 3.8) is 0 Å². The van der Waals surface area contributed by atoms with Crippen LogP contribution in [-0.4, -0.2) is 11.8 Å². The molecular formula is C14H14BrN3O2S. The van der Waals surface area contributed by atoms with Crippen molar-refractivity contribution in [3.05, 3.63) is 44.2 Å². The summed E-state index contributed by atoms with van der Waals surface area (Å²) in [6, 6.07) is 5.50. The van der Waals surface area contributed by atoms with E-state index in [1.165, 1.54) is 0 Å². The van der Waals surface area contributed by atoms with Crippen LogP contribution in [0.1, 0.15) is 31.2 Å². The number of nitrogen functional groups attached to an aromatic ring is 1. The highest BCUT2D eigenvalue weighted by Crippen LogP contribution is 2.31. The Balaban J connectivity index is 2.31. The monoisotopic (exact) mass is 367 g/mol. The molecule has 0 saturated heterocycles. The van der Waals surface area contributed by atoms with Gasteiger partial charge in [0.1, 0.15) is 0 Å². The van der Waals surface area contributed by atoms with Gasteiger partial charge in [0, 0.05) is 10.2 Å². The molecule has 0 fully saturated rings. The summed E-state index contributed by atoms with van der Waals surface area (Å²) in [6.07, 6.45) is 0. The lowest BCUT2D eigenvalue weighted by atomic mass is 10.1. The minimum absolute atomic E-state index is 0.220. The van der Waals surface area contributed by atoms with E-state index in [2.05, 4.69) is 21.2 Å². The van der Waals surface area contributed by atoms with Gasteiger partial charge >= 0.3 is 0 Å². The Bertz CT molecular complexity index is 740. The van der Waals surface area contributed by atoms with Crippen LogP contribution in [0.5, 0.6) is 0 Å². The smallest absolute Gasteiger partial charge is 0.266 e. The molecule has 1 aromatic carbocycles. The van der Waals surface area contributed by atoms with Gasteiger partial charge in [-0.3, -0.25) is 9.59 Å². The van der Waals surface area contributed by atoms with Gasteiger partial charge in [0.2, 0.25) is 0 Å². The molecule has 2 aromatic rings. The molecule has 0 radical (unpaired) electrons. The second kappa shape index (κ2) is 5.87. The molecule has 5 N–H and O–H groups in total. The zero-order valence-corrected chi connectivity index (χ0v) is 13.9. The summed E-state index contributed by atoms with van der Waals surface area (Å²) in [5.41, 5.74) is 13.4. The van der Waals surface area contributed by atoms with Gasteiger partial charge in [-0.15, -0.1) is 11.3 Å². The number of halogens is 1. The molecule has 0 spiro atoms. The van der Waals surface area contributed by atoms with Gasteiger partial charge in [-0.1, -0.05) is 15.9 Å². The molecule has 0 bridgehead atoms. The number of primary amides is 1. The summed E-state index contributed by atoms with van der Waals surface area (Å²) in [4.78, 5) is 24.0. The van der Waals surface area contributed by atoms with E-state index in [0.717, 1.165) is 21.4 Å². The molecule has 0 saturated carbocycles. The zero-order valence-electron chi connectivity index (χ0n) is 11.5.